The third-order valence-electron chi connectivity index (χ3n) is 4.44. The molecule has 0 spiro atoms. The predicted octanol–water partition coefficient (Wildman–Crippen LogP) is 2.73. The Kier molecular flexibility index (Phi) is 5.16. The third kappa shape index (κ3) is 3.94. The Bertz CT molecular complexity index is 699. The summed E-state index contributed by atoms with van der Waals surface area (Å²) in [6.45, 7) is 5.71. The number of hydrogen-bond donors (Lipinski definition) is 1. The van der Waals surface area contributed by atoms with Gasteiger partial charge in [0.1, 0.15) is 5.82 Å². The first-order valence-corrected chi connectivity index (χ1v) is 8.58. The van der Waals surface area contributed by atoms with Crippen LogP contribution in [0.15, 0.2) is 30.7 Å². The van der Waals surface area contributed by atoms with Crippen LogP contribution in [0.3, 0.4) is 0 Å². The summed E-state index contributed by atoms with van der Waals surface area (Å²) >= 11 is 5.82. The fourth-order valence-corrected chi connectivity index (χ4v) is 3.29. The van der Waals surface area contributed by atoms with Crippen LogP contribution in [0.5, 0.6) is 0 Å². The van der Waals surface area contributed by atoms with Crippen molar-refractivity contribution in [1.29, 1.82) is 0 Å². The minimum Gasteiger partial charge on any atom is -0.309 e. The van der Waals surface area contributed by atoms with E-state index in [-0.39, 0.29) is 11.9 Å². The summed E-state index contributed by atoms with van der Waals surface area (Å²) in [4.78, 5) is 18.9. The molecular weight excluding hydrogens is 326 g/mol. The molecule has 0 radical (unpaired) electrons. The van der Waals surface area contributed by atoms with E-state index in [0.717, 1.165) is 31.5 Å². The van der Waals surface area contributed by atoms with Gasteiger partial charge in [-0.05, 0) is 50.9 Å². The molecule has 3 rings (SSSR count). The number of nitrogens with zero attached hydrogens (tertiary/aromatic N) is 4. The zero-order chi connectivity index (χ0) is 17.1. The number of likely N-dealkylation sites (tertiary alicyclic amines) is 1. The van der Waals surface area contributed by atoms with Crippen molar-refractivity contribution in [3.05, 3.63) is 41.3 Å². The second-order valence-electron chi connectivity index (χ2n) is 6.30. The maximum atomic E-state index is 12.5. The minimum atomic E-state index is -0.216. The van der Waals surface area contributed by atoms with Crippen LogP contribution in [0.25, 0.3) is 0 Å². The van der Waals surface area contributed by atoms with Crippen LogP contribution in [-0.4, -0.2) is 44.2 Å². The highest BCUT2D eigenvalue weighted by Gasteiger charge is 2.32. The zero-order valence-electron chi connectivity index (χ0n) is 13.9. The topological polar surface area (TPSA) is 63.1 Å². The van der Waals surface area contributed by atoms with Crippen molar-refractivity contribution in [3.8, 4) is 0 Å². The van der Waals surface area contributed by atoms with Gasteiger partial charge in [0.15, 0.2) is 0 Å². The molecule has 1 amide bonds. The van der Waals surface area contributed by atoms with Crippen LogP contribution in [0.2, 0.25) is 5.02 Å². The molecule has 2 unspecified atom stereocenters. The van der Waals surface area contributed by atoms with Gasteiger partial charge in [-0.15, -0.1) is 0 Å². The molecule has 1 aliphatic rings. The normalized spacial score (nSPS) is 19.4. The number of amides is 1. The van der Waals surface area contributed by atoms with Crippen LogP contribution in [0.1, 0.15) is 25.3 Å². The molecule has 2 aromatic rings. The minimum absolute atomic E-state index is 0.0478. The number of carbonyl (C=O) groups is 1. The van der Waals surface area contributed by atoms with E-state index in [2.05, 4.69) is 20.3 Å². The van der Waals surface area contributed by atoms with E-state index in [1.807, 2.05) is 30.9 Å². The maximum Gasteiger partial charge on any atom is 0.242 e. The lowest BCUT2D eigenvalue weighted by molar-refractivity contribution is -0.121. The maximum absolute atomic E-state index is 12.5. The zero-order valence-corrected chi connectivity index (χ0v) is 14.7. The molecule has 0 saturated carbocycles. The SMILES string of the molecule is Cc1cnn(CC2CCCN2C(C)C(=O)Nc2ccc(Cl)cn2)c1. The number of nitrogens with one attached hydrogen (secondary N) is 1. The Morgan fingerprint density at radius 1 is 1.46 bits per heavy atom. The molecule has 3 heterocycles. The van der Waals surface area contributed by atoms with Gasteiger partial charge in [-0.25, -0.2) is 4.98 Å². The number of carbonyl (C=O) groups excluding carboxylic acids is 1. The van der Waals surface area contributed by atoms with Gasteiger partial charge in [0.25, 0.3) is 0 Å². The van der Waals surface area contributed by atoms with E-state index in [4.69, 9.17) is 11.6 Å². The average molecular weight is 348 g/mol. The number of halogens is 1. The molecule has 1 fully saturated rings. The monoisotopic (exact) mass is 347 g/mol. The first-order valence-electron chi connectivity index (χ1n) is 8.20. The van der Waals surface area contributed by atoms with Gasteiger partial charge < -0.3 is 5.32 Å². The molecule has 1 N–H and O–H groups in total. The molecule has 0 bridgehead atoms. The molecule has 24 heavy (non-hydrogen) atoms. The van der Waals surface area contributed by atoms with Gasteiger partial charge in [0.05, 0.1) is 23.8 Å². The van der Waals surface area contributed by atoms with Gasteiger partial charge in [-0.2, -0.15) is 5.10 Å². The van der Waals surface area contributed by atoms with Gasteiger partial charge in [-0.3, -0.25) is 14.4 Å². The standard InChI is InChI=1S/C17H22ClN5O/c1-12-8-20-22(10-12)11-15-4-3-7-23(15)13(2)17(24)21-16-6-5-14(18)9-19-16/h5-6,8-10,13,15H,3-4,7,11H2,1-2H3,(H,19,21,24). The van der Waals surface area contributed by atoms with Crippen LogP contribution < -0.4 is 5.32 Å². The summed E-state index contributed by atoms with van der Waals surface area (Å²) in [5, 5.41) is 7.77. The Morgan fingerprint density at radius 3 is 2.96 bits per heavy atom. The van der Waals surface area contributed by atoms with Crippen molar-refractivity contribution in [2.24, 2.45) is 0 Å². The van der Waals surface area contributed by atoms with E-state index in [0.29, 0.717) is 16.9 Å². The number of pyridine rings is 1. The smallest absolute Gasteiger partial charge is 0.242 e. The lowest BCUT2D eigenvalue weighted by Crippen LogP contribution is -2.46. The Morgan fingerprint density at radius 2 is 2.29 bits per heavy atom. The molecule has 1 saturated heterocycles. The second kappa shape index (κ2) is 7.32. The van der Waals surface area contributed by atoms with Crippen molar-refractivity contribution in [3.63, 3.8) is 0 Å². The highest BCUT2D eigenvalue weighted by Crippen LogP contribution is 2.22. The van der Waals surface area contributed by atoms with Gasteiger partial charge >= 0.3 is 0 Å². The van der Waals surface area contributed by atoms with Gasteiger partial charge in [0, 0.05) is 18.4 Å². The molecule has 6 nitrogen and oxygen atoms in total. The van der Waals surface area contributed by atoms with E-state index in [1.54, 1.807) is 12.1 Å². The summed E-state index contributed by atoms with van der Waals surface area (Å²) < 4.78 is 1.96. The first-order chi connectivity index (χ1) is 11.5. The van der Waals surface area contributed by atoms with E-state index < -0.39 is 0 Å². The number of aromatic nitrogens is 3. The number of hydrogen-bond acceptors (Lipinski definition) is 4. The predicted molar refractivity (Wildman–Crippen MR) is 94.0 cm³/mol. The van der Waals surface area contributed by atoms with Crippen molar-refractivity contribution in [2.75, 3.05) is 11.9 Å². The molecule has 0 aromatic carbocycles. The van der Waals surface area contributed by atoms with Crippen molar-refractivity contribution < 1.29 is 4.79 Å². The average Bonchev–Trinajstić information content (AvgIpc) is 3.18. The van der Waals surface area contributed by atoms with Gasteiger partial charge in [-0.1, -0.05) is 11.6 Å². The molecule has 2 aromatic heterocycles. The Hall–Kier alpha value is -1.92. The summed E-state index contributed by atoms with van der Waals surface area (Å²) in [5.74, 6) is 0.475. The molecular formula is C17H22ClN5O. The quantitative estimate of drug-likeness (QED) is 0.903. The van der Waals surface area contributed by atoms with Crippen LogP contribution in [0, 0.1) is 6.92 Å². The molecule has 1 aliphatic heterocycles. The Labute approximate surface area is 146 Å². The number of rotatable bonds is 5. The van der Waals surface area contributed by atoms with Gasteiger partial charge in [0.2, 0.25) is 5.91 Å². The van der Waals surface area contributed by atoms with E-state index in [9.17, 15) is 4.79 Å². The van der Waals surface area contributed by atoms with Crippen molar-refractivity contribution in [1.82, 2.24) is 19.7 Å². The Balaban J connectivity index is 1.62. The van der Waals surface area contributed by atoms with Crippen LogP contribution >= 0.6 is 11.6 Å². The molecule has 128 valence electrons. The van der Waals surface area contributed by atoms with E-state index in [1.165, 1.54) is 6.20 Å². The highest BCUT2D eigenvalue weighted by molar-refractivity contribution is 6.30. The third-order valence-corrected chi connectivity index (χ3v) is 4.66. The number of aryl methyl sites for hydroxylation is 1. The second-order valence-corrected chi connectivity index (χ2v) is 6.74. The van der Waals surface area contributed by atoms with Crippen molar-refractivity contribution in [2.45, 2.75) is 45.3 Å². The molecule has 2 atom stereocenters. The van der Waals surface area contributed by atoms with Crippen molar-refractivity contribution >= 4 is 23.3 Å². The molecule has 7 heteroatoms. The largest absolute Gasteiger partial charge is 0.309 e. The molecule has 0 aliphatic carbocycles. The highest BCUT2D eigenvalue weighted by atomic mass is 35.5. The fourth-order valence-electron chi connectivity index (χ4n) is 3.18. The lowest BCUT2D eigenvalue weighted by Gasteiger charge is -2.29. The lowest BCUT2D eigenvalue weighted by atomic mass is 10.2. The fraction of sp³-hybridized carbons (Fsp3) is 0.471. The summed E-state index contributed by atoms with van der Waals surface area (Å²) in [6.07, 6.45) is 7.61. The van der Waals surface area contributed by atoms with E-state index >= 15 is 0 Å². The number of anilines is 1. The summed E-state index contributed by atoms with van der Waals surface area (Å²) in [5.41, 5.74) is 1.15. The summed E-state index contributed by atoms with van der Waals surface area (Å²) in [7, 11) is 0. The summed E-state index contributed by atoms with van der Waals surface area (Å²) in [6, 6.07) is 3.53. The van der Waals surface area contributed by atoms with Crippen LogP contribution in [-0.2, 0) is 11.3 Å². The van der Waals surface area contributed by atoms with Crippen LogP contribution in [0.4, 0.5) is 5.82 Å². The first kappa shape index (κ1) is 16.9.